The second kappa shape index (κ2) is 5.34. The molecular formula is C14H14FNO4. The number of aliphatic hydroxyl groups excluding tert-OH is 1. The second-order valence-corrected chi connectivity index (χ2v) is 4.33. The van der Waals surface area contributed by atoms with Crippen LogP contribution in [0.15, 0.2) is 29.1 Å². The Kier molecular flexibility index (Phi) is 3.76. The van der Waals surface area contributed by atoms with Crippen LogP contribution in [0.4, 0.5) is 4.39 Å². The van der Waals surface area contributed by atoms with Crippen LogP contribution in [0.3, 0.4) is 0 Å². The topological polar surface area (TPSA) is 82.7 Å². The Labute approximate surface area is 114 Å². The first-order valence-electron chi connectivity index (χ1n) is 6.00. The fourth-order valence-corrected chi connectivity index (χ4v) is 2.06. The Morgan fingerprint density at radius 3 is 2.45 bits per heavy atom. The van der Waals surface area contributed by atoms with Crippen LogP contribution in [-0.4, -0.2) is 26.5 Å². The fraction of sp³-hybridized carbons (Fsp3) is 0.214. The molecule has 106 valence electrons. The lowest BCUT2D eigenvalue weighted by Crippen LogP contribution is -2.25. The summed E-state index contributed by atoms with van der Waals surface area (Å²) in [6.07, 6.45) is 0. The van der Waals surface area contributed by atoms with Crippen LogP contribution in [0.5, 0.6) is 11.5 Å². The van der Waals surface area contributed by atoms with Crippen LogP contribution in [0.2, 0.25) is 0 Å². The molecule has 0 aliphatic carbocycles. The van der Waals surface area contributed by atoms with Gasteiger partial charge in [-0.15, -0.1) is 0 Å². The third-order valence-corrected chi connectivity index (χ3v) is 3.09. The van der Waals surface area contributed by atoms with Crippen LogP contribution in [0, 0.1) is 12.7 Å². The van der Waals surface area contributed by atoms with E-state index in [0.29, 0.717) is 0 Å². The Hall–Kier alpha value is -2.34. The Balaban J connectivity index is 2.88. The molecule has 1 heterocycles. The van der Waals surface area contributed by atoms with Gasteiger partial charge in [0.1, 0.15) is 11.5 Å². The number of aromatic nitrogens is 1. The molecular weight excluding hydrogens is 265 g/mol. The summed E-state index contributed by atoms with van der Waals surface area (Å²) < 4.78 is 14.9. The molecule has 0 saturated heterocycles. The quantitative estimate of drug-likeness (QED) is 0.792. The van der Waals surface area contributed by atoms with Crippen molar-refractivity contribution in [3.8, 4) is 22.8 Å². The normalized spacial score (nSPS) is 10.8. The molecule has 0 aliphatic heterocycles. The lowest BCUT2D eigenvalue weighted by molar-refractivity contribution is 0.273. The summed E-state index contributed by atoms with van der Waals surface area (Å²) in [5, 5.41) is 28.8. The summed E-state index contributed by atoms with van der Waals surface area (Å²) in [4.78, 5) is 12.1. The van der Waals surface area contributed by atoms with E-state index >= 15 is 0 Å². The lowest BCUT2D eigenvalue weighted by Gasteiger charge is -2.16. The van der Waals surface area contributed by atoms with Gasteiger partial charge in [0.15, 0.2) is 11.5 Å². The molecule has 0 aliphatic rings. The van der Waals surface area contributed by atoms with Gasteiger partial charge in [-0.1, -0.05) is 12.1 Å². The number of rotatable bonds is 3. The first kappa shape index (κ1) is 14.1. The monoisotopic (exact) mass is 279 g/mol. The lowest BCUT2D eigenvalue weighted by atomic mass is 10.1. The maximum absolute atomic E-state index is 13.9. The number of aliphatic hydroxyl groups is 1. The zero-order valence-corrected chi connectivity index (χ0v) is 10.8. The fourth-order valence-electron chi connectivity index (χ4n) is 2.06. The van der Waals surface area contributed by atoms with E-state index in [4.69, 9.17) is 5.11 Å². The molecule has 3 N–H and O–H groups in total. The molecule has 0 spiro atoms. The molecule has 1 aromatic heterocycles. The van der Waals surface area contributed by atoms with Gasteiger partial charge in [0.05, 0.1) is 12.2 Å². The number of hydrogen-bond donors (Lipinski definition) is 3. The van der Waals surface area contributed by atoms with E-state index in [9.17, 15) is 19.4 Å². The Morgan fingerprint density at radius 2 is 1.85 bits per heavy atom. The molecule has 0 fully saturated rings. The summed E-state index contributed by atoms with van der Waals surface area (Å²) in [5.74, 6) is -1.81. The molecule has 0 amide bonds. The SMILES string of the molecule is Cc1c(O)c(O)c(-c2ccccc2F)n(CCO)c1=O. The minimum atomic E-state index is -0.642. The van der Waals surface area contributed by atoms with Crippen LogP contribution < -0.4 is 5.56 Å². The van der Waals surface area contributed by atoms with Crippen molar-refractivity contribution in [2.24, 2.45) is 0 Å². The third kappa shape index (κ3) is 2.14. The van der Waals surface area contributed by atoms with Gasteiger partial charge < -0.3 is 19.9 Å². The van der Waals surface area contributed by atoms with Crippen molar-refractivity contribution in [2.45, 2.75) is 13.5 Å². The Bertz CT molecular complexity index is 709. The van der Waals surface area contributed by atoms with E-state index in [1.54, 1.807) is 6.07 Å². The summed E-state index contributed by atoms with van der Waals surface area (Å²) >= 11 is 0. The average molecular weight is 279 g/mol. The zero-order valence-electron chi connectivity index (χ0n) is 10.8. The average Bonchev–Trinajstić information content (AvgIpc) is 2.44. The Morgan fingerprint density at radius 1 is 1.20 bits per heavy atom. The minimum Gasteiger partial charge on any atom is -0.504 e. The highest BCUT2D eigenvalue weighted by molar-refractivity contribution is 5.71. The number of benzene rings is 1. The predicted molar refractivity (Wildman–Crippen MR) is 71.2 cm³/mol. The summed E-state index contributed by atoms with van der Waals surface area (Å²) in [6.45, 7) is 0.874. The van der Waals surface area contributed by atoms with Crippen molar-refractivity contribution in [3.63, 3.8) is 0 Å². The standard InChI is InChI=1S/C14H14FNO4/c1-8-12(18)13(19)11(16(6-7-17)14(8)20)9-4-2-3-5-10(9)15/h2-5,17-19H,6-7H2,1H3. The second-order valence-electron chi connectivity index (χ2n) is 4.33. The van der Waals surface area contributed by atoms with E-state index in [0.717, 1.165) is 4.57 Å². The van der Waals surface area contributed by atoms with Gasteiger partial charge in [0, 0.05) is 12.1 Å². The maximum Gasteiger partial charge on any atom is 0.257 e. The predicted octanol–water partition coefficient (Wildman–Crippen LogP) is 1.37. The number of aromatic hydroxyl groups is 2. The van der Waals surface area contributed by atoms with Crippen LogP contribution >= 0.6 is 0 Å². The van der Waals surface area contributed by atoms with Crippen LogP contribution in [0.1, 0.15) is 5.56 Å². The molecule has 1 aromatic carbocycles. The van der Waals surface area contributed by atoms with E-state index in [2.05, 4.69) is 0 Å². The first-order chi connectivity index (χ1) is 9.49. The summed E-state index contributed by atoms with van der Waals surface area (Å²) in [5.41, 5.74) is -0.820. The van der Waals surface area contributed by atoms with Gasteiger partial charge >= 0.3 is 0 Å². The highest BCUT2D eigenvalue weighted by atomic mass is 19.1. The number of halogens is 1. The molecule has 0 atom stereocenters. The molecule has 2 rings (SSSR count). The van der Waals surface area contributed by atoms with Gasteiger partial charge in [-0.25, -0.2) is 4.39 Å². The van der Waals surface area contributed by atoms with E-state index in [1.807, 2.05) is 0 Å². The summed E-state index contributed by atoms with van der Waals surface area (Å²) in [6, 6.07) is 5.58. The van der Waals surface area contributed by atoms with Crippen molar-refractivity contribution in [1.29, 1.82) is 0 Å². The zero-order chi connectivity index (χ0) is 14.9. The smallest absolute Gasteiger partial charge is 0.257 e. The molecule has 0 bridgehead atoms. The maximum atomic E-state index is 13.9. The van der Waals surface area contributed by atoms with Gasteiger partial charge in [0.25, 0.3) is 5.56 Å². The van der Waals surface area contributed by atoms with E-state index < -0.39 is 22.9 Å². The van der Waals surface area contributed by atoms with Crippen LogP contribution in [-0.2, 0) is 6.54 Å². The number of hydrogen-bond acceptors (Lipinski definition) is 4. The molecule has 20 heavy (non-hydrogen) atoms. The molecule has 2 aromatic rings. The van der Waals surface area contributed by atoms with Crippen molar-refractivity contribution < 1.29 is 19.7 Å². The van der Waals surface area contributed by atoms with Gasteiger partial charge in [-0.2, -0.15) is 0 Å². The summed E-state index contributed by atoms with van der Waals surface area (Å²) in [7, 11) is 0. The van der Waals surface area contributed by atoms with E-state index in [-0.39, 0.29) is 30.0 Å². The number of nitrogens with zero attached hydrogens (tertiary/aromatic N) is 1. The van der Waals surface area contributed by atoms with Crippen molar-refractivity contribution in [2.75, 3.05) is 6.61 Å². The highest BCUT2D eigenvalue weighted by Gasteiger charge is 2.21. The van der Waals surface area contributed by atoms with Gasteiger partial charge in [-0.05, 0) is 19.1 Å². The molecule has 0 saturated carbocycles. The molecule has 5 nitrogen and oxygen atoms in total. The van der Waals surface area contributed by atoms with Crippen LogP contribution in [0.25, 0.3) is 11.3 Å². The molecule has 0 radical (unpaired) electrons. The molecule has 6 heteroatoms. The van der Waals surface area contributed by atoms with Gasteiger partial charge in [0.2, 0.25) is 0 Å². The number of pyridine rings is 1. The molecule has 0 unspecified atom stereocenters. The van der Waals surface area contributed by atoms with Gasteiger partial charge in [-0.3, -0.25) is 4.79 Å². The van der Waals surface area contributed by atoms with Crippen molar-refractivity contribution >= 4 is 0 Å². The minimum absolute atomic E-state index is 0.0224. The highest BCUT2D eigenvalue weighted by Crippen LogP contribution is 2.37. The van der Waals surface area contributed by atoms with Crippen molar-refractivity contribution in [3.05, 3.63) is 46.0 Å². The third-order valence-electron chi connectivity index (χ3n) is 3.09. The van der Waals surface area contributed by atoms with Crippen molar-refractivity contribution in [1.82, 2.24) is 4.57 Å². The first-order valence-corrected chi connectivity index (χ1v) is 6.00. The largest absolute Gasteiger partial charge is 0.504 e. The van der Waals surface area contributed by atoms with E-state index in [1.165, 1.54) is 25.1 Å².